The fraction of sp³-hybridized carbons (Fsp3) is 0.944. The van der Waals surface area contributed by atoms with Crippen LogP contribution < -0.4 is 0 Å². The zero-order valence-corrected chi connectivity index (χ0v) is 18.1. The van der Waals surface area contributed by atoms with Crippen molar-refractivity contribution in [1.29, 1.82) is 0 Å². The van der Waals surface area contributed by atoms with E-state index >= 15 is 0 Å². The van der Waals surface area contributed by atoms with Crippen LogP contribution in [0.4, 0.5) is 0 Å². The molecule has 0 aromatic rings. The molecule has 146 valence electrons. The first-order valence-corrected chi connectivity index (χ1v) is 11.1. The largest absolute Gasteiger partial charge is 0.298 e. The monoisotopic (exact) mass is 382 g/mol. The molecule has 4 nitrogen and oxygen atoms in total. The van der Waals surface area contributed by atoms with Gasteiger partial charge in [0.1, 0.15) is 0 Å². The fourth-order valence-corrected chi connectivity index (χ4v) is 3.62. The third-order valence-corrected chi connectivity index (χ3v) is 5.20. The average Bonchev–Trinajstić information content (AvgIpc) is 2.47. The molecular weight excluding hydrogens is 344 g/mol. The summed E-state index contributed by atoms with van der Waals surface area (Å²) in [6, 6.07) is 0. The highest BCUT2D eigenvalue weighted by molar-refractivity contribution is 7.85. The first-order valence-electron chi connectivity index (χ1n) is 9.06. The second-order valence-electron chi connectivity index (χ2n) is 7.46. The SMILES string of the molecule is CCCCC(S)(CCCC)C(=O)C(C)(C)C.CCCCS(=O)(=O)O. The van der Waals surface area contributed by atoms with Gasteiger partial charge in [0.25, 0.3) is 10.1 Å². The van der Waals surface area contributed by atoms with Crippen molar-refractivity contribution in [3.8, 4) is 0 Å². The van der Waals surface area contributed by atoms with Crippen LogP contribution in [0.15, 0.2) is 0 Å². The number of rotatable bonds is 10. The van der Waals surface area contributed by atoms with Crippen molar-refractivity contribution in [2.45, 2.75) is 97.7 Å². The van der Waals surface area contributed by atoms with Gasteiger partial charge in [-0.3, -0.25) is 9.35 Å². The van der Waals surface area contributed by atoms with Crippen LogP contribution in [0.2, 0.25) is 0 Å². The zero-order valence-electron chi connectivity index (χ0n) is 16.4. The second-order valence-corrected chi connectivity index (χ2v) is 9.89. The van der Waals surface area contributed by atoms with Gasteiger partial charge in [-0.2, -0.15) is 21.0 Å². The van der Waals surface area contributed by atoms with E-state index in [9.17, 15) is 13.2 Å². The van der Waals surface area contributed by atoms with Crippen LogP contribution in [-0.4, -0.2) is 29.3 Å². The Bertz CT molecular complexity index is 428. The molecule has 0 rings (SSSR count). The number of thiol groups is 1. The topological polar surface area (TPSA) is 71.4 Å². The maximum absolute atomic E-state index is 12.4. The first-order chi connectivity index (χ1) is 10.8. The minimum absolute atomic E-state index is 0.108. The summed E-state index contributed by atoms with van der Waals surface area (Å²) in [5.41, 5.74) is -0.275. The third-order valence-electron chi connectivity index (χ3n) is 3.75. The van der Waals surface area contributed by atoms with Crippen LogP contribution in [0, 0.1) is 5.41 Å². The molecule has 0 aliphatic heterocycles. The number of Topliss-reactive ketones (excluding diaryl/α,β-unsaturated/α-hetero) is 1. The van der Waals surface area contributed by atoms with Crippen LogP contribution in [0.5, 0.6) is 0 Å². The summed E-state index contributed by atoms with van der Waals surface area (Å²) in [5, 5.41) is 0. The highest BCUT2D eigenvalue weighted by Crippen LogP contribution is 2.36. The minimum Gasteiger partial charge on any atom is -0.298 e. The Morgan fingerprint density at radius 2 is 1.29 bits per heavy atom. The number of carbonyl (C=O) groups excluding carboxylic acids is 1. The molecule has 0 amide bonds. The quantitative estimate of drug-likeness (QED) is 0.396. The molecule has 0 saturated carbocycles. The predicted molar refractivity (Wildman–Crippen MR) is 107 cm³/mol. The normalized spacial score (nSPS) is 12.5. The maximum Gasteiger partial charge on any atom is 0.264 e. The highest BCUT2D eigenvalue weighted by Gasteiger charge is 2.39. The molecule has 0 aliphatic rings. The van der Waals surface area contributed by atoms with Crippen LogP contribution in [-0.2, 0) is 14.9 Å². The minimum atomic E-state index is -3.69. The van der Waals surface area contributed by atoms with E-state index in [1.54, 1.807) is 0 Å². The zero-order chi connectivity index (χ0) is 19.4. The second kappa shape index (κ2) is 12.3. The van der Waals surface area contributed by atoms with E-state index in [2.05, 4.69) is 13.8 Å². The number of unbranched alkanes of at least 4 members (excludes halogenated alkanes) is 3. The molecule has 0 aliphatic carbocycles. The number of hydrogen-bond donors (Lipinski definition) is 2. The van der Waals surface area contributed by atoms with Gasteiger partial charge in [0, 0.05) is 5.41 Å². The number of ketones is 1. The van der Waals surface area contributed by atoms with E-state index < -0.39 is 14.9 Å². The predicted octanol–water partition coefficient (Wildman–Crippen LogP) is 5.32. The highest BCUT2D eigenvalue weighted by atomic mass is 32.2. The van der Waals surface area contributed by atoms with Crippen molar-refractivity contribution >= 4 is 28.5 Å². The van der Waals surface area contributed by atoms with Gasteiger partial charge in [-0.25, -0.2) is 0 Å². The van der Waals surface area contributed by atoms with Gasteiger partial charge in [0.05, 0.1) is 10.5 Å². The maximum atomic E-state index is 12.4. The first kappa shape index (κ1) is 26.2. The van der Waals surface area contributed by atoms with Crippen molar-refractivity contribution in [1.82, 2.24) is 0 Å². The summed E-state index contributed by atoms with van der Waals surface area (Å²) in [4.78, 5) is 12.4. The molecule has 0 aromatic carbocycles. The lowest BCUT2D eigenvalue weighted by Crippen LogP contribution is -2.41. The van der Waals surface area contributed by atoms with Gasteiger partial charge < -0.3 is 0 Å². The Hall–Kier alpha value is -0.0700. The van der Waals surface area contributed by atoms with Crippen molar-refractivity contribution in [3.05, 3.63) is 0 Å². The molecule has 0 heterocycles. The van der Waals surface area contributed by atoms with Gasteiger partial charge in [-0.15, -0.1) is 0 Å². The summed E-state index contributed by atoms with van der Waals surface area (Å²) in [7, 11) is -3.69. The number of hydrogen-bond acceptors (Lipinski definition) is 4. The van der Waals surface area contributed by atoms with Crippen LogP contribution in [0.25, 0.3) is 0 Å². The Labute approximate surface area is 155 Å². The molecular formula is C18H38O4S2. The van der Waals surface area contributed by atoms with Gasteiger partial charge >= 0.3 is 0 Å². The summed E-state index contributed by atoms with van der Waals surface area (Å²) >= 11 is 4.73. The molecule has 0 spiro atoms. The fourth-order valence-electron chi connectivity index (χ4n) is 2.32. The summed E-state index contributed by atoms with van der Waals surface area (Å²) in [5.74, 6) is 0.203. The van der Waals surface area contributed by atoms with Crippen LogP contribution in [0.3, 0.4) is 0 Å². The molecule has 1 N–H and O–H groups in total. The van der Waals surface area contributed by atoms with E-state index in [0.717, 1.165) is 44.9 Å². The molecule has 24 heavy (non-hydrogen) atoms. The molecule has 0 radical (unpaired) electrons. The average molecular weight is 383 g/mol. The van der Waals surface area contributed by atoms with Gasteiger partial charge in [-0.05, 0) is 19.3 Å². The Morgan fingerprint density at radius 1 is 0.917 bits per heavy atom. The molecule has 0 atom stereocenters. The lowest BCUT2D eigenvalue weighted by atomic mass is 9.78. The molecule has 0 bridgehead atoms. The summed E-state index contributed by atoms with van der Waals surface area (Å²) < 4.78 is 27.6. The van der Waals surface area contributed by atoms with Crippen molar-refractivity contribution in [2.75, 3.05) is 5.75 Å². The smallest absolute Gasteiger partial charge is 0.264 e. The van der Waals surface area contributed by atoms with Crippen molar-refractivity contribution < 1.29 is 17.8 Å². The standard InChI is InChI=1S/C14H28OS.C4H10O3S/c1-6-8-10-14(16,11-9-7-2)12(15)13(3,4)5;1-2-3-4-8(5,6)7/h16H,6-11H2,1-5H3;2-4H2,1H3,(H,5,6,7). The molecule has 0 saturated heterocycles. The lowest BCUT2D eigenvalue weighted by Gasteiger charge is -2.33. The van der Waals surface area contributed by atoms with E-state index in [0.29, 0.717) is 12.2 Å². The molecule has 0 aromatic heterocycles. The van der Waals surface area contributed by atoms with E-state index in [4.69, 9.17) is 17.2 Å². The van der Waals surface area contributed by atoms with Crippen molar-refractivity contribution in [2.24, 2.45) is 5.41 Å². The molecule has 0 fully saturated rings. The third kappa shape index (κ3) is 13.2. The van der Waals surface area contributed by atoms with Gasteiger partial charge in [0.2, 0.25) is 0 Å². The lowest BCUT2D eigenvalue weighted by molar-refractivity contribution is -0.129. The number of carbonyl (C=O) groups is 1. The van der Waals surface area contributed by atoms with Gasteiger partial charge in [-0.1, -0.05) is 73.6 Å². The van der Waals surface area contributed by atoms with Crippen LogP contribution >= 0.6 is 12.6 Å². The van der Waals surface area contributed by atoms with E-state index in [-0.39, 0.29) is 11.2 Å². The Balaban J connectivity index is 0. The molecule has 0 unspecified atom stereocenters. The Kier molecular flexibility index (Phi) is 13.4. The van der Waals surface area contributed by atoms with E-state index in [1.165, 1.54) is 0 Å². The van der Waals surface area contributed by atoms with Crippen LogP contribution in [0.1, 0.15) is 92.9 Å². The Morgan fingerprint density at radius 3 is 1.50 bits per heavy atom. The molecule has 6 heteroatoms. The summed E-state index contributed by atoms with van der Waals surface area (Å²) in [6.45, 7) is 12.2. The van der Waals surface area contributed by atoms with Gasteiger partial charge in [0.15, 0.2) is 5.78 Å². The summed E-state index contributed by atoms with van der Waals surface area (Å²) in [6.07, 6.45) is 7.62. The van der Waals surface area contributed by atoms with Crippen molar-refractivity contribution in [3.63, 3.8) is 0 Å². The van der Waals surface area contributed by atoms with E-state index in [1.807, 2.05) is 27.7 Å².